The molecule has 147 heavy (non-hydrogen) atoms. The highest BCUT2D eigenvalue weighted by atomic mass is 32.2. The molecule has 3 saturated heterocycles. The van der Waals surface area contributed by atoms with E-state index in [1.165, 1.54) is 24.3 Å². The minimum atomic E-state index is -4.63. The van der Waals surface area contributed by atoms with Crippen LogP contribution in [-0.2, 0) is 126 Å². The zero-order valence-electron chi connectivity index (χ0n) is 84.1. The first-order chi connectivity index (χ1) is 68.9. The van der Waals surface area contributed by atoms with Crippen molar-refractivity contribution in [1.82, 2.24) is 5.06 Å². The number of benzene rings is 4. The highest BCUT2D eigenvalue weighted by Gasteiger charge is 2.51. The van der Waals surface area contributed by atoms with Gasteiger partial charge >= 0.3 is 16.6 Å². The summed E-state index contributed by atoms with van der Waals surface area (Å²) in [4.78, 5) is 57.8. The molecule has 13 atom stereocenters. The van der Waals surface area contributed by atoms with E-state index in [-0.39, 0.29) is 73.2 Å². The van der Waals surface area contributed by atoms with Crippen molar-refractivity contribution in [1.29, 1.82) is 0 Å². The predicted octanol–water partition coefficient (Wildman–Crippen LogP) is 7.32. The molecule has 0 saturated carbocycles. The molecule has 818 valence electrons. The Labute approximate surface area is 862 Å². The number of ether oxygens (including phenoxy) is 4. The Morgan fingerprint density at radius 2 is 0.986 bits per heavy atom. The van der Waals surface area contributed by atoms with Crippen LogP contribution in [0.1, 0.15) is 224 Å². The lowest BCUT2D eigenvalue weighted by molar-refractivity contribution is -0.438. The topological polar surface area (TPSA) is 650 Å². The number of imide groups is 1. The van der Waals surface area contributed by atoms with E-state index in [2.05, 4.69) is 41.2 Å². The smallest absolute Gasteiger partial charge is 0.425 e. The normalized spacial score (nSPS) is 24.1. The number of fused-ring (bicyclic) bond motifs is 4. The number of hydrogen-bond acceptors (Lipinski definition) is 36. The summed E-state index contributed by atoms with van der Waals surface area (Å²) in [7, 11) is -25.4. The fraction of sp³-hybridized carbons (Fsp3) is 0.580. The van der Waals surface area contributed by atoms with Crippen molar-refractivity contribution < 1.29 is 170 Å². The van der Waals surface area contributed by atoms with Gasteiger partial charge in [0.2, 0.25) is 11.4 Å². The van der Waals surface area contributed by atoms with E-state index in [4.69, 9.17) is 47.3 Å². The average molecular weight is 2180 g/mol. The van der Waals surface area contributed by atoms with Gasteiger partial charge in [-0.15, -0.1) is 17.7 Å². The molecule has 3 fully saturated rings. The molecule has 0 aromatic heterocycles. The van der Waals surface area contributed by atoms with Gasteiger partial charge in [-0.2, -0.15) is 26.0 Å². The van der Waals surface area contributed by atoms with Gasteiger partial charge in [0, 0.05) is 151 Å². The van der Waals surface area contributed by atoms with Crippen molar-refractivity contribution in [3.05, 3.63) is 179 Å². The fourth-order valence-electron chi connectivity index (χ4n) is 19.2. The van der Waals surface area contributed by atoms with Gasteiger partial charge in [-0.3, -0.25) is 23.5 Å². The minimum absolute atomic E-state index is 0.0143. The van der Waals surface area contributed by atoms with Crippen molar-refractivity contribution in [2.45, 2.75) is 296 Å². The Morgan fingerprint density at radius 3 is 1.46 bits per heavy atom. The maximum Gasteiger partial charge on any atom is 0.425 e. The summed E-state index contributed by atoms with van der Waals surface area (Å²) < 4.78 is 222. The van der Waals surface area contributed by atoms with Crippen molar-refractivity contribution in [3.63, 3.8) is 0 Å². The number of aliphatic hydroxyl groups excluding tert-OH is 8. The Balaban J connectivity index is 0.000000302. The van der Waals surface area contributed by atoms with Crippen LogP contribution in [0.25, 0.3) is 0 Å². The first kappa shape index (κ1) is 123. The maximum atomic E-state index is 13.1. The lowest BCUT2D eigenvalue weighted by Gasteiger charge is -2.39. The molecule has 0 radical (unpaired) electrons. The number of hydrogen-bond donors (Lipinski definition) is 11. The van der Waals surface area contributed by atoms with Gasteiger partial charge in [0.15, 0.2) is 24.0 Å². The molecule has 47 heteroatoms. The first-order valence-electron chi connectivity index (χ1n) is 49.0. The van der Waals surface area contributed by atoms with Crippen LogP contribution in [0.5, 0.6) is 0 Å². The van der Waals surface area contributed by atoms with Crippen LogP contribution in [0.15, 0.2) is 161 Å². The van der Waals surface area contributed by atoms with Crippen LogP contribution in [-0.4, -0.2) is 305 Å². The van der Waals surface area contributed by atoms with Crippen LogP contribution < -0.4 is 15.5 Å². The quantitative estimate of drug-likeness (QED) is 0.00678. The standard InChI is InChI=1S/C48H68N2O16S3.C42H53N3O10S2.C10H21NO6.O3S/c1-33(17-12-14-28-65-46-45(55)44(54)43(53)40(32-51)66-46)39(52)20-7-6-13-25-48(4)35-18-10-11-19-37(35)50(27-16-30-68(59,60)61)42(48)22-9-5-8-21-41-47(2,3)36-31-34(69(62,63)64)23-24-38(36)49(41)26-15-29-67(56,57)58;1-6-7-25-43-34-21-19-31(57(52,53)54)29-32(34)41(3,4)36(43)15-10-8-11-16-37-42(5,24-13-9-12-17-40(48)55-45-38(46)22-23-39(45)47)33-28-30(2)18-20-35(33)44(37)26-14-27-56(49,50)51;11-3-1-2-4-16-10-9(15)8(14)7(13)6(5-12)17-10;1-4(2)3/h5,8-11,18-19,21-24,31,33,40,43-46,51,53-55H,6-7,12-17,20,25-30,32H2,1-4H3,(H2-,56,57,58,59,60,61,62,63,64);8,10-11,15-16,18-21,28-29H,6-7,9,12-14,17,22-27H2,1-5H3,(H-,49,50,51,52,53,54);6-10,12-15H,1-5,11H2;/p-1/t33?,40-,43-,44+,45+,46+,48?;;6-,7-,8+,9+,10+;/m1.1./s1. The molecule has 2 amide bonds. The van der Waals surface area contributed by atoms with Gasteiger partial charge in [-0.1, -0.05) is 125 Å². The predicted molar refractivity (Wildman–Crippen MR) is 539 cm³/mol. The molecule has 4 aromatic rings. The molecule has 11 rings (SSSR count). The number of anilines is 2. The van der Waals surface area contributed by atoms with E-state index < -0.39 is 193 Å². The second kappa shape index (κ2) is 55.0. The summed E-state index contributed by atoms with van der Waals surface area (Å²) in [5.74, 6) is -3.22. The number of amides is 2. The van der Waals surface area contributed by atoms with Crippen LogP contribution in [0.4, 0.5) is 22.7 Å². The van der Waals surface area contributed by atoms with Crippen molar-refractivity contribution >= 4 is 119 Å². The third-order valence-corrected chi connectivity index (χ3v) is 31.2. The fourth-order valence-corrected chi connectivity index (χ4v) is 21.7. The number of aryl methyl sites for hydroxylation is 1. The van der Waals surface area contributed by atoms with Gasteiger partial charge in [0.25, 0.3) is 32.1 Å². The molecule has 0 spiro atoms. The SMILES string of the molecule is CC(CCCCO[C@H]1O[C@H](CO)[C@@H](O)[C@H](O)[C@@H]1O)C(=O)CCCCCC1(C)\C(=C/C=C/C=C/C2=[N+](CCCS(=O)(=O)[O-])c3ccc(S(=O)(=O)O)cc3C2(C)C)N(CCCS(=O)(=O)O)c2ccccc21.CCCC[N+]1=C(/C=C/C=C/C=C2/N(CCCS(=O)(=O)[O-])c3ccc(C)cc3C2(C)CCCCCC(=O)ON2C(=O)CCC2=O)C(C)(C)c2cc(S(=O)(=O)[O-])ccc21.NCCCCO[C@H]1O[C@H](CO)[C@@H](O)[C@H](O)[C@@H]1O.O=S(=O)=O. The number of Topliss-reactive ketones (excluding diaryl/α,β-unsaturated/α-hetero) is 1. The average Bonchev–Trinajstić information content (AvgIpc) is 1.58. The number of nitrogens with two attached hydrogens (primary N) is 1. The number of rotatable bonds is 50. The van der Waals surface area contributed by atoms with Gasteiger partial charge in [0.1, 0.15) is 77.8 Å². The Morgan fingerprint density at radius 1 is 0.531 bits per heavy atom. The van der Waals surface area contributed by atoms with Gasteiger partial charge in [-0.05, 0) is 179 Å². The molecule has 0 aliphatic carbocycles. The molecular formula is C100H141N6O35S6-. The molecule has 12 N–H and O–H groups in total. The first-order valence-corrected chi connectivity index (χ1v) is 57.7. The van der Waals surface area contributed by atoms with Crippen molar-refractivity contribution in [2.75, 3.05) is 86.2 Å². The summed E-state index contributed by atoms with van der Waals surface area (Å²) in [5, 5.41) is 77.6. The summed E-state index contributed by atoms with van der Waals surface area (Å²) >= 11 is 0. The number of unbranched alkanes of at least 4 members (excludes halogenated alkanes) is 7. The summed E-state index contributed by atoms with van der Waals surface area (Å²) in [6.45, 7) is 19.6. The van der Waals surface area contributed by atoms with E-state index in [1.54, 1.807) is 18.2 Å². The van der Waals surface area contributed by atoms with E-state index in [0.29, 0.717) is 119 Å². The van der Waals surface area contributed by atoms with Gasteiger partial charge in [0.05, 0.1) is 59.8 Å². The number of nitrogens with zero attached hydrogens (tertiary/aromatic N) is 5. The number of allylic oxidation sites excluding steroid dienone is 12. The summed E-state index contributed by atoms with van der Waals surface area (Å²) in [5.41, 5.74) is 14.2. The van der Waals surface area contributed by atoms with Crippen LogP contribution >= 0.6 is 0 Å². The maximum absolute atomic E-state index is 13.1. The number of aliphatic hydroxyl groups is 8. The number of carbonyl (C=O) groups is 4. The largest absolute Gasteiger partial charge is 0.748 e. The van der Waals surface area contributed by atoms with Gasteiger partial charge < -0.3 is 93.8 Å². The minimum Gasteiger partial charge on any atom is -0.748 e. The van der Waals surface area contributed by atoms with Crippen LogP contribution in [0, 0.1) is 12.8 Å². The van der Waals surface area contributed by atoms with Crippen molar-refractivity contribution in [2.24, 2.45) is 11.7 Å². The highest BCUT2D eigenvalue weighted by molar-refractivity contribution is 7.86. The Bertz CT molecular complexity index is 6220. The van der Waals surface area contributed by atoms with Gasteiger partial charge in [-0.25, -0.2) is 30.0 Å². The number of para-hydroxylation sites is 1. The number of carbonyl (C=O) groups excluding carboxylic acids is 4. The van der Waals surface area contributed by atoms with Crippen LogP contribution in [0.3, 0.4) is 0 Å². The number of ketones is 1. The summed E-state index contributed by atoms with van der Waals surface area (Å²) in [6.07, 6.45) is 17.8. The molecular weight excluding hydrogens is 2040 g/mol. The second-order valence-corrected chi connectivity index (χ2v) is 46.6. The van der Waals surface area contributed by atoms with E-state index in [9.17, 15) is 120 Å². The van der Waals surface area contributed by atoms with Crippen LogP contribution in [0.2, 0.25) is 0 Å². The van der Waals surface area contributed by atoms with Crippen molar-refractivity contribution in [3.8, 4) is 0 Å². The Hall–Kier alpha value is -8.81. The highest BCUT2D eigenvalue weighted by Crippen LogP contribution is 2.53. The lowest BCUT2D eigenvalue weighted by Crippen LogP contribution is -2.59. The monoisotopic (exact) mass is 2180 g/mol. The Kier molecular flexibility index (Phi) is 46.1. The molecule has 4 aromatic carbocycles. The van der Waals surface area contributed by atoms with E-state index in [1.807, 2.05) is 137 Å². The van der Waals surface area contributed by atoms with E-state index >= 15 is 0 Å². The zero-order valence-corrected chi connectivity index (χ0v) is 89.0. The van der Waals surface area contributed by atoms with E-state index in [0.717, 1.165) is 94.9 Å². The molecule has 3 unspecified atom stereocenters. The second-order valence-electron chi connectivity index (χ2n) is 38.8. The molecule has 7 aliphatic rings. The third-order valence-electron chi connectivity index (χ3n) is 27.2. The number of hydroxylamine groups is 2. The molecule has 7 heterocycles. The molecule has 41 nitrogen and oxygen atoms in total. The summed E-state index contributed by atoms with van der Waals surface area (Å²) in [6, 6.07) is 22.8. The zero-order chi connectivity index (χ0) is 109. The third kappa shape index (κ3) is 34.1. The molecule has 7 aliphatic heterocycles. The lowest BCUT2D eigenvalue weighted by atomic mass is 9.76. The molecule has 0 bridgehead atoms.